The molecule has 12 heteroatoms. The molecule has 1 saturated heterocycles. The number of sulfonamides is 1. The molecule has 0 radical (unpaired) electrons. The molecule has 7 nitrogen and oxygen atoms in total. The van der Waals surface area contributed by atoms with Crippen molar-refractivity contribution in [2.45, 2.75) is 50.9 Å². The lowest BCUT2D eigenvalue weighted by atomic mass is 10.1. The average molecular weight is 564 g/mol. The van der Waals surface area contributed by atoms with Gasteiger partial charge in [-0.15, -0.1) is 24.0 Å². The molecule has 30 heavy (non-hydrogen) atoms. The molecule has 0 atom stereocenters. The standard InChI is InChI=1S/C18H27F3N4O3S.HI/c1-13(2)28-16-6-4-5-14(11-16)12-23-17(22-3)24-15-7-9-25(10-8-15)29(26,27)18(19,20)21;/h4-6,11,13,15H,7-10,12H2,1-3H3,(H2,22,23,24);1H. The number of rotatable bonds is 6. The Kier molecular flexibility index (Phi) is 10.1. The van der Waals surface area contributed by atoms with E-state index in [2.05, 4.69) is 15.6 Å². The van der Waals surface area contributed by atoms with Crippen LogP contribution in [-0.4, -0.2) is 56.5 Å². The van der Waals surface area contributed by atoms with Gasteiger partial charge in [-0.1, -0.05) is 12.1 Å². The van der Waals surface area contributed by atoms with Gasteiger partial charge in [0.25, 0.3) is 0 Å². The van der Waals surface area contributed by atoms with Crippen LogP contribution in [0.25, 0.3) is 0 Å². The lowest BCUT2D eigenvalue weighted by molar-refractivity contribution is -0.0494. The van der Waals surface area contributed by atoms with E-state index in [9.17, 15) is 21.6 Å². The highest BCUT2D eigenvalue weighted by Gasteiger charge is 2.50. The smallest absolute Gasteiger partial charge is 0.491 e. The second-order valence-corrected chi connectivity index (χ2v) is 8.94. The number of hydrogen-bond donors (Lipinski definition) is 2. The van der Waals surface area contributed by atoms with Crippen LogP contribution in [0.15, 0.2) is 29.3 Å². The highest BCUT2D eigenvalue weighted by Crippen LogP contribution is 2.28. The van der Waals surface area contributed by atoms with E-state index in [4.69, 9.17) is 4.74 Å². The molecule has 0 unspecified atom stereocenters. The van der Waals surface area contributed by atoms with Crippen LogP contribution >= 0.6 is 24.0 Å². The zero-order valence-corrected chi connectivity index (χ0v) is 20.2. The summed E-state index contributed by atoms with van der Waals surface area (Å²) >= 11 is 0. The van der Waals surface area contributed by atoms with E-state index in [0.29, 0.717) is 16.8 Å². The van der Waals surface area contributed by atoms with Crippen molar-refractivity contribution in [1.82, 2.24) is 14.9 Å². The van der Waals surface area contributed by atoms with E-state index in [1.165, 1.54) is 0 Å². The lowest BCUT2D eigenvalue weighted by Crippen LogP contribution is -2.51. The Morgan fingerprint density at radius 1 is 1.30 bits per heavy atom. The molecular weight excluding hydrogens is 536 g/mol. The molecule has 0 aromatic heterocycles. The van der Waals surface area contributed by atoms with Gasteiger partial charge in [0.1, 0.15) is 5.75 Å². The van der Waals surface area contributed by atoms with Gasteiger partial charge in [0, 0.05) is 32.7 Å². The van der Waals surface area contributed by atoms with Gasteiger partial charge >= 0.3 is 15.5 Å². The first-order valence-electron chi connectivity index (χ1n) is 9.32. The first-order valence-corrected chi connectivity index (χ1v) is 10.8. The normalized spacial score (nSPS) is 16.8. The van der Waals surface area contributed by atoms with E-state index in [1.807, 2.05) is 38.1 Å². The zero-order chi connectivity index (χ0) is 21.7. The first kappa shape index (κ1) is 26.8. The van der Waals surface area contributed by atoms with Gasteiger partial charge in [-0.2, -0.15) is 17.5 Å². The molecule has 1 aliphatic heterocycles. The van der Waals surface area contributed by atoms with E-state index >= 15 is 0 Å². The average Bonchev–Trinajstić information content (AvgIpc) is 2.64. The first-order chi connectivity index (χ1) is 13.5. The topological polar surface area (TPSA) is 83.0 Å². The number of hydrogen-bond acceptors (Lipinski definition) is 4. The third-order valence-corrected chi connectivity index (χ3v) is 6.01. The summed E-state index contributed by atoms with van der Waals surface area (Å²) in [5.41, 5.74) is -4.28. The predicted octanol–water partition coefficient (Wildman–Crippen LogP) is 3.07. The highest BCUT2D eigenvalue weighted by molar-refractivity contribution is 14.0. The van der Waals surface area contributed by atoms with Crippen molar-refractivity contribution in [3.63, 3.8) is 0 Å². The number of ether oxygens (including phenoxy) is 1. The maximum absolute atomic E-state index is 12.7. The second-order valence-electron chi connectivity index (χ2n) is 7.01. The molecule has 1 aliphatic rings. The van der Waals surface area contributed by atoms with Gasteiger partial charge in [-0.25, -0.2) is 8.42 Å². The molecule has 2 N–H and O–H groups in total. The third kappa shape index (κ3) is 7.45. The molecule has 0 spiro atoms. The Bertz CT molecular complexity index is 811. The lowest BCUT2D eigenvalue weighted by Gasteiger charge is -2.32. The molecule has 0 aliphatic carbocycles. The van der Waals surface area contributed by atoms with Crippen LogP contribution in [0.2, 0.25) is 0 Å². The minimum absolute atomic E-state index is 0. The Hall–Kier alpha value is -1.28. The second kappa shape index (κ2) is 11.4. The van der Waals surface area contributed by atoms with Crippen LogP contribution in [0.1, 0.15) is 32.3 Å². The van der Waals surface area contributed by atoms with E-state index in [1.54, 1.807) is 7.05 Å². The summed E-state index contributed by atoms with van der Waals surface area (Å²) in [5, 5.41) is 6.29. The summed E-state index contributed by atoms with van der Waals surface area (Å²) in [5.74, 6) is 1.26. The summed E-state index contributed by atoms with van der Waals surface area (Å²) in [6.45, 7) is 4.00. The van der Waals surface area contributed by atoms with Crippen molar-refractivity contribution in [2.75, 3.05) is 20.1 Å². The molecule has 0 saturated carbocycles. The molecule has 1 fully saturated rings. The molecule has 1 heterocycles. The van der Waals surface area contributed by atoms with Crippen LogP contribution in [-0.2, 0) is 16.6 Å². The van der Waals surface area contributed by atoms with Crippen molar-refractivity contribution in [2.24, 2.45) is 4.99 Å². The van der Waals surface area contributed by atoms with E-state index in [0.717, 1.165) is 11.3 Å². The SMILES string of the molecule is CN=C(NCc1cccc(OC(C)C)c1)NC1CCN(S(=O)(=O)C(F)(F)F)CC1.I. The minimum atomic E-state index is -5.27. The molecule has 2 rings (SSSR count). The molecule has 0 bridgehead atoms. The van der Waals surface area contributed by atoms with E-state index < -0.39 is 15.5 Å². The zero-order valence-electron chi connectivity index (χ0n) is 17.1. The van der Waals surface area contributed by atoms with E-state index in [-0.39, 0.29) is 62.1 Å². The number of guanidine groups is 1. The van der Waals surface area contributed by atoms with Gasteiger partial charge in [0.15, 0.2) is 5.96 Å². The number of benzene rings is 1. The van der Waals surface area contributed by atoms with Crippen molar-refractivity contribution < 1.29 is 26.3 Å². The Balaban J connectivity index is 0.00000450. The quantitative estimate of drug-likeness (QED) is 0.316. The number of aliphatic imine (C=N–C) groups is 1. The maximum Gasteiger partial charge on any atom is 0.511 e. The molecule has 1 aromatic rings. The fourth-order valence-electron chi connectivity index (χ4n) is 2.96. The van der Waals surface area contributed by atoms with Gasteiger partial charge in [0.2, 0.25) is 0 Å². The summed E-state index contributed by atoms with van der Waals surface area (Å²) in [4.78, 5) is 4.13. The van der Waals surface area contributed by atoms with Gasteiger partial charge in [-0.3, -0.25) is 4.99 Å². The van der Waals surface area contributed by atoms with Crippen LogP contribution in [0.5, 0.6) is 5.75 Å². The number of alkyl halides is 3. The highest BCUT2D eigenvalue weighted by atomic mass is 127. The summed E-state index contributed by atoms with van der Waals surface area (Å²) < 4.78 is 67.1. The van der Waals surface area contributed by atoms with Crippen LogP contribution in [0, 0.1) is 0 Å². The van der Waals surface area contributed by atoms with Gasteiger partial charge < -0.3 is 15.4 Å². The summed E-state index contributed by atoms with van der Waals surface area (Å²) in [6.07, 6.45) is 0.584. The van der Waals surface area contributed by atoms with Crippen LogP contribution in [0.3, 0.4) is 0 Å². The Morgan fingerprint density at radius 3 is 2.47 bits per heavy atom. The number of nitrogens with one attached hydrogen (secondary N) is 2. The molecule has 0 amide bonds. The van der Waals surface area contributed by atoms with Crippen molar-refractivity contribution in [3.8, 4) is 5.75 Å². The van der Waals surface area contributed by atoms with Crippen LogP contribution in [0.4, 0.5) is 13.2 Å². The third-order valence-electron chi connectivity index (χ3n) is 4.38. The summed E-state index contributed by atoms with van der Waals surface area (Å²) in [6, 6.07) is 7.45. The number of piperidine rings is 1. The number of nitrogens with zero attached hydrogens (tertiary/aromatic N) is 2. The van der Waals surface area contributed by atoms with Gasteiger partial charge in [-0.05, 0) is 44.4 Å². The largest absolute Gasteiger partial charge is 0.511 e. The Morgan fingerprint density at radius 2 is 1.93 bits per heavy atom. The maximum atomic E-state index is 12.7. The van der Waals surface area contributed by atoms with Gasteiger partial charge in [0.05, 0.1) is 6.10 Å². The predicted molar refractivity (Wildman–Crippen MR) is 121 cm³/mol. The monoisotopic (exact) mass is 564 g/mol. The molecule has 172 valence electrons. The number of halogens is 4. The van der Waals surface area contributed by atoms with Crippen molar-refractivity contribution in [1.29, 1.82) is 0 Å². The van der Waals surface area contributed by atoms with Crippen molar-refractivity contribution in [3.05, 3.63) is 29.8 Å². The fraction of sp³-hybridized carbons (Fsp3) is 0.611. The Labute approximate surface area is 192 Å². The minimum Gasteiger partial charge on any atom is -0.491 e. The molecular formula is C18H28F3IN4O3S. The summed E-state index contributed by atoms with van der Waals surface area (Å²) in [7, 11) is -3.67. The van der Waals surface area contributed by atoms with Crippen LogP contribution < -0.4 is 15.4 Å². The van der Waals surface area contributed by atoms with Crippen molar-refractivity contribution >= 4 is 40.0 Å². The fourth-order valence-corrected chi connectivity index (χ4v) is 3.95. The molecule has 1 aromatic carbocycles.